The van der Waals surface area contributed by atoms with Crippen LogP contribution >= 0.6 is 0 Å². The first kappa shape index (κ1) is 15.5. The predicted octanol–water partition coefficient (Wildman–Crippen LogP) is 1.56. The average Bonchev–Trinajstić information content (AvgIpc) is 2.43. The molecule has 0 saturated carbocycles. The smallest absolute Gasteiger partial charge is 0.134 e. The molecule has 0 saturated heterocycles. The SMILES string of the molecule is COCC(C)OCc1ccc(OC)c(C#CCN)c1. The lowest BCUT2D eigenvalue weighted by molar-refractivity contribution is -0.000141. The van der Waals surface area contributed by atoms with Crippen molar-refractivity contribution >= 4 is 0 Å². The van der Waals surface area contributed by atoms with E-state index in [1.807, 2.05) is 25.1 Å². The van der Waals surface area contributed by atoms with Crippen LogP contribution in [0.2, 0.25) is 0 Å². The topological polar surface area (TPSA) is 53.7 Å². The van der Waals surface area contributed by atoms with Gasteiger partial charge in [-0.2, -0.15) is 0 Å². The van der Waals surface area contributed by atoms with Crippen molar-refractivity contribution in [2.45, 2.75) is 19.6 Å². The molecule has 0 aliphatic heterocycles. The molecule has 19 heavy (non-hydrogen) atoms. The summed E-state index contributed by atoms with van der Waals surface area (Å²) in [7, 11) is 3.29. The highest BCUT2D eigenvalue weighted by Crippen LogP contribution is 2.19. The van der Waals surface area contributed by atoms with Gasteiger partial charge in [0.2, 0.25) is 0 Å². The van der Waals surface area contributed by atoms with Crippen LogP contribution in [0.3, 0.4) is 0 Å². The van der Waals surface area contributed by atoms with Gasteiger partial charge >= 0.3 is 0 Å². The molecule has 1 rings (SSSR count). The van der Waals surface area contributed by atoms with E-state index in [-0.39, 0.29) is 6.10 Å². The maximum Gasteiger partial charge on any atom is 0.134 e. The van der Waals surface area contributed by atoms with Crippen molar-refractivity contribution in [1.29, 1.82) is 0 Å². The van der Waals surface area contributed by atoms with Crippen LogP contribution in [0.25, 0.3) is 0 Å². The van der Waals surface area contributed by atoms with Gasteiger partial charge in [-0.1, -0.05) is 17.9 Å². The Hall–Kier alpha value is -1.54. The lowest BCUT2D eigenvalue weighted by Gasteiger charge is -2.12. The second-order valence-corrected chi connectivity index (χ2v) is 4.12. The summed E-state index contributed by atoms with van der Waals surface area (Å²) in [5.41, 5.74) is 7.26. The molecule has 2 N–H and O–H groups in total. The molecule has 0 aliphatic rings. The molecule has 1 aromatic rings. The van der Waals surface area contributed by atoms with Gasteiger partial charge in [-0.15, -0.1) is 0 Å². The number of methoxy groups -OCH3 is 2. The molecule has 0 radical (unpaired) electrons. The lowest BCUT2D eigenvalue weighted by atomic mass is 10.1. The number of rotatable bonds is 6. The van der Waals surface area contributed by atoms with E-state index in [0.717, 1.165) is 16.9 Å². The Bertz CT molecular complexity index is 448. The van der Waals surface area contributed by atoms with Crippen LogP contribution in [0.15, 0.2) is 18.2 Å². The van der Waals surface area contributed by atoms with Gasteiger partial charge in [-0.05, 0) is 24.6 Å². The second kappa shape index (κ2) is 8.54. The van der Waals surface area contributed by atoms with Crippen LogP contribution in [0.4, 0.5) is 0 Å². The molecular formula is C15H21NO3. The minimum absolute atomic E-state index is 0.0608. The van der Waals surface area contributed by atoms with E-state index in [2.05, 4.69) is 11.8 Å². The molecule has 0 fully saturated rings. The Labute approximate surface area is 114 Å². The third-order valence-corrected chi connectivity index (χ3v) is 2.52. The maximum absolute atomic E-state index is 5.66. The molecule has 0 bridgehead atoms. The van der Waals surface area contributed by atoms with E-state index in [1.165, 1.54) is 0 Å². The summed E-state index contributed by atoms with van der Waals surface area (Å²) >= 11 is 0. The molecule has 104 valence electrons. The van der Waals surface area contributed by atoms with E-state index in [0.29, 0.717) is 19.8 Å². The van der Waals surface area contributed by atoms with Gasteiger partial charge in [-0.25, -0.2) is 0 Å². The summed E-state index contributed by atoms with van der Waals surface area (Å²) in [6, 6.07) is 5.81. The van der Waals surface area contributed by atoms with Crippen molar-refractivity contribution < 1.29 is 14.2 Å². The predicted molar refractivity (Wildman–Crippen MR) is 75.1 cm³/mol. The van der Waals surface area contributed by atoms with Gasteiger partial charge in [-0.3, -0.25) is 0 Å². The highest BCUT2D eigenvalue weighted by Gasteiger charge is 2.05. The molecule has 0 aliphatic carbocycles. The number of ether oxygens (including phenoxy) is 3. The number of benzene rings is 1. The molecule has 0 heterocycles. The van der Waals surface area contributed by atoms with Crippen LogP contribution < -0.4 is 10.5 Å². The first-order valence-corrected chi connectivity index (χ1v) is 6.17. The quantitative estimate of drug-likeness (QED) is 0.791. The molecule has 1 unspecified atom stereocenters. The van der Waals surface area contributed by atoms with E-state index < -0.39 is 0 Å². The van der Waals surface area contributed by atoms with Crippen LogP contribution in [-0.4, -0.2) is 33.5 Å². The summed E-state index contributed by atoms with van der Waals surface area (Å²) in [5.74, 6) is 6.57. The number of hydrogen-bond acceptors (Lipinski definition) is 4. The maximum atomic E-state index is 5.66. The van der Waals surface area contributed by atoms with Crippen molar-refractivity contribution in [1.82, 2.24) is 0 Å². The molecule has 0 amide bonds. The Morgan fingerprint density at radius 1 is 1.32 bits per heavy atom. The van der Waals surface area contributed by atoms with Crippen molar-refractivity contribution in [3.05, 3.63) is 29.3 Å². The standard InChI is InChI=1S/C15H21NO3/c1-12(10-17-2)19-11-13-6-7-15(18-3)14(9-13)5-4-8-16/h6-7,9,12H,8,10-11,16H2,1-3H3. The van der Waals surface area contributed by atoms with Crippen molar-refractivity contribution in [2.75, 3.05) is 27.4 Å². The van der Waals surface area contributed by atoms with Crippen LogP contribution in [0, 0.1) is 11.8 Å². The first-order valence-electron chi connectivity index (χ1n) is 6.17. The summed E-state index contributed by atoms with van der Waals surface area (Å²) < 4.78 is 15.9. The fraction of sp³-hybridized carbons (Fsp3) is 0.467. The van der Waals surface area contributed by atoms with Gasteiger partial charge in [0, 0.05) is 7.11 Å². The summed E-state index contributed by atoms with van der Waals surface area (Å²) in [4.78, 5) is 0. The largest absolute Gasteiger partial charge is 0.495 e. The lowest BCUT2D eigenvalue weighted by Crippen LogP contribution is -2.14. The summed E-state index contributed by atoms with van der Waals surface area (Å²) in [5, 5.41) is 0. The normalized spacial score (nSPS) is 11.6. The minimum atomic E-state index is 0.0608. The van der Waals surface area contributed by atoms with Crippen LogP contribution in [0.5, 0.6) is 5.75 Å². The average molecular weight is 263 g/mol. The molecule has 4 nitrogen and oxygen atoms in total. The highest BCUT2D eigenvalue weighted by atomic mass is 16.5. The van der Waals surface area contributed by atoms with Crippen LogP contribution in [-0.2, 0) is 16.1 Å². The van der Waals surface area contributed by atoms with E-state index in [4.69, 9.17) is 19.9 Å². The first-order chi connectivity index (χ1) is 9.21. The zero-order chi connectivity index (χ0) is 14.1. The molecule has 0 aromatic heterocycles. The molecule has 0 spiro atoms. The Balaban J connectivity index is 2.74. The number of hydrogen-bond donors (Lipinski definition) is 1. The van der Waals surface area contributed by atoms with Crippen molar-refractivity contribution in [3.8, 4) is 17.6 Å². The molecule has 4 heteroatoms. The van der Waals surface area contributed by atoms with Gasteiger partial charge < -0.3 is 19.9 Å². The number of nitrogens with two attached hydrogens (primary N) is 1. The molecular weight excluding hydrogens is 242 g/mol. The Kier molecular flexibility index (Phi) is 6.98. The highest BCUT2D eigenvalue weighted by molar-refractivity contribution is 5.48. The second-order valence-electron chi connectivity index (χ2n) is 4.12. The van der Waals surface area contributed by atoms with E-state index in [9.17, 15) is 0 Å². The fourth-order valence-corrected chi connectivity index (χ4v) is 1.61. The van der Waals surface area contributed by atoms with Crippen molar-refractivity contribution in [3.63, 3.8) is 0 Å². The third kappa shape index (κ3) is 5.31. The van der Waals surface area contributed by atoms with Gasteiger partial charge in [0.05, 0.1) is 38.5 Å². The van der Waals surface area contributed by atoms with Crippen molar-refractivity contribution in [2.24, 2.45) is 5.73 Å². The minimum Gasteiger partial charge on any atom is -0.495 e. The molecule has 1 aromatic carbocycles. The fourth-order valence-electron chi connectivity index (χ4n) is 1.61. The zero-order valence-corrected chi connectivity index (χ0v) is 11.7. The van der Waals surface area contributed by atoms with Crippen LogP contribution in [0.1, 0.15) is 18.1 Å². The van der Waals surface area contributed by atoms with E-state index >= 15 is 0 Å². The monoisotopic (exact) mass is 263 g/mol. The Morgan fingerprint density at radius 3 is 2.74 bits per heavy atom. The zero-order valence-electron chi connectivity index (χ0n) is 11.7. The molecule has 1 atom stereocenters. The van der Waals surface area contributed by atoms with Gasteiger partial charge in [0.15, 0.2) is 0 Å². The van der Waals surface area contributed by atoms with Gasteiger partial charge in [0.1, 0.15) is 5.75 Å². The Morgan fingerprint density at radius 2 is 2.11 bits per heavy atom. The summed E-state index contributed by atoms with van der Waals surface area (Å²) in [6.45, 7) is 3.40. The summed E-state index contributed by atoms with van der Waals surface area (Å²) in [6.07, 6.45) is 0.0608. The van der Waals surface area contributed by atoms with E-state index in [1.54, 1.807) is 14.2 Å². The third-order valence-electron chi connectivity index (χ3n) is 2.52. The van der Waals surface area contributed by atoms with Gasteiger partial charge in [0.25, 0.3) is 0 Å².